The van der Waals surface area contributed by atoms with E-state index in [-0.39, 0.29) is 0 Å². The molecule has 0 amide bonds. The van der Waals surface area contributed by atoms with Gasteiger partial charge in [-0.2, -0.15) is 0 Å². The molecule has 0 unspecified atom stereocenters. The number of imidazole rings is 1. The van der Waals surface area contributed by atoms with Gasteiger partial charge in [0, 0.05) is 30.6 Å². The van der Waals surface area contributed by atoms with Gasteiger partial charge < -0.3 is 10.3 Å². The number of nitrogens with zero attached hydrogens (tertiary/aromatic N) is 2. The molecule has 0 saturated heterocycles. The molecule has 3 rings (SSSR count). The lowest BCUT2D eigenvalue weighted by Gasteiger charge is -2.16. The van der Waals surface area contributed by atoms with Gasteiger partial charge in [-0.3, -0.25) is 0 Å². The van der Waals surface area contributed by atoms with Crippen LogP contribution < -0.4 is 5.73 Å². The van der Waals surface area contributed by atoms with Crippen molar-refractivity contribution in [2.75, 3.05) is 6.54 Å². The zero-order valence-electron chi connectivity index (χ0n) is 10.6. The monoisotopic (exact) mass is 241 g/mol. The van der Waals surface area contributed by atoms with Crippen LogP contribution in [0, 0.1) is 0 Å². The molecule has 0 atom stereocenters. The lowest BCUT2D eigenvalue weighted by Crippen LogP contribution is -2.15. The maximum atomic E-state index is 5.76. The Kier molecular flexibility index (Phi) is 3.15. The largest absolute Gasteiger partial charge is 0.331 e. The highest BCUT2D eigenvalue weighted by molar-refractivity contribution is 5.62. The summed E-state index contributed by atoms with van der Waals surface area (Å²) in [5, 5.41) is 0. The maximum absolute atomic E-state index is 5.76. The van der Waals surface area contributed by atoms with E-state index < -0.39 is 0 Å². The van der Waals surface area contributed by atoms with Gasteiger partial charge in [0.15, 0.2) is 0 Å². The van der Waals surface area contributed by atoms with E-state index in [1.165, 1.54) is 29.9 Å². The van der Waals surface area contributed by atoms with Crippen molar-refractivity contribution in [3.63, 3.8) is 0 Å². The summed E-state index contributed by atoms with van der Waals surface area (Å²) in [6.45, 7) is 1.79. The molecule has 0 spiro atoms. The molecule has 0 fully saturated rings. The molecule has 0 bridgehead atoms. The van der Waals surface area contributed by atoms with Crippen molar-refractivity contribution in [1.29, 1.82) is 0 Å². The summed E-state index contributed by atoms with van der Waals surface area (Å²) in [6, 6.07) is 10.4. The molecule has 2 aromatic rings. The van der Waals surface area contributed by atoms with Gasteiger partial charge in [-0.15, -0.1) is 0 Å². The Bertz CT molecular complexity index is 528. The molecule has 1 aliphatic rings. The van der Waals surface area contributed by atoms with Crippen molar-refractivity contribution >= 4 is 0 Å². The lowest BCUT2D eigenvalue weighted by atomic mass is 10.1. The molecule has 0 saturated carbocycles. The van der Waals surface area contributed by atoms with Crippen molar-refractivity contribution in [1.82, 2.24) is 9.55 Å². The molecular formula is C15H19N3. The molecule has 0 radical (unpaired) electrons. The third-order valence-electron chi connectivity index (χ3n) is 3.61. The first kappa shape index (κ1) is 11.5. The summed E-state index contributed by atoms with van der Waals surface area (Å²) >= 11 is 0. The summed E-state index contributed by atoms with van der Waals surface area (Å²) in [7, 11) is 0. The van der Waals surface area contributed by atoms with Crippen molar-refractivity contribution in [2.45, 2.75) is 32.2 Å². The molecule has 18 heavy (non-hydrogen) atoms. The predicted molar refractivity (Wildman–Crippen MR) is 73.4 cm³/mol. The number of hydrogen-bond donors (Lipinski definition) is 1. The topological polar surface area (TPSA) is 43.8 Å². The van der Waals surface area contributed by atoms with E-state index in [1.54, 1.807) is 0 Å². The van der Waals surface area contributed by atoms with Gasteiger partial charge in [-0.25, -0.2) is 4.98 Å². The molecule has 1 aromatic carbocycles. The van der Waals surface area contributed by atoms with E-state index in [9.17, 15) is 0 Å². The Balaban J connectivity index is 2.11. The van der Waals surface area contributed by atoms with Crippen LogP contribution >= 0.6 is 0 Å². The average molecular weight is 241 g/mol. The maximum Gasteiger partial charge on any atom is 0.109 e. The van der Waals surface area contributed by atoms with Crippen LogP contribution in [0.2, 0.25) is 0 Å². The van der Waals surface area contributed by atoms with E-state index in [0.717, 1.165) is 25.1 Å². The third kappa shape index (κ3) is 1.95. The van der Waals surface area contributed by atoms with Gasteiger partial charge in [0.05, 0.1) is 5.69 Å². The zero-order chi connectivity index (χ0) is 12.4. The Hall–Kier alpha value is -1.61. The number of benzene rings is 1. The first-order chi connectivity index (χ1) is 8.90. The number of hydrogen-bond acceptors (Lipinski definition) is 2. The van der Waals surface area contributed by atoms with Crippen LogP contribution in [0.4, 0.5) is 0 Å². The van der Waals surface area contributed by atoms with Gasteiger partial charge in [-0.05, 0) is 19.4 Å². The summed E-state index contributed by atoms with van der Waals surface area (Å²) in [6.07, 6.45) is 4.53. The van der Waals surface area contributed by atoms with Gasteiger partial charge in [0.2, 0.25) is 0 Å². The van der Waals surface area contributed by atoms with E-state index in [2.05, 4.69) is 28.8 Å². The van der Waals surface area contributed by atoms with Crippen LogP contribution in [0.15, 0.2) is 30.3 Å². The number of aryl methyl sites for hydroxylation is 1. The fraction of sp³-hybridized carbons (Fsp3) is 0.400. The van der Waals surface area contributed by atoms with Crippen molar-refractivity contribution in [2.24, 2.45) is 5.73 Å². The van der Waals surface area contributed by atoms with Gasteiger partial charge >= 0.3 is 0 Å². The molecule has 0 aliphatic carbocycles. The highest BCUT2D eigenvalue weighted by Crippen LogP contribution is 2.27. The Morgan fingerprint density at radius 3 is 2.78 bits per heavy atom. The third-order valence-corrected chi connectivity index (χ3v) is 3.61. The van der Waals surface area contributed by atoms with Crippen molar-refractivity contribution in [3.8, 4) is 11.3 Å². The average Bonchev–Trinajstić information content (AvgIpc) is 2.80. The minimum Gasteiger partial charge on any atom is -0.331 e. The second kappa shape index (κ2) is 4.94. The summed E-state index contributed by atoms with van der Waals surface area (Å²) in [4.78, 5) is 4.85. The fourth-order valence-corrected chi connectivity index (χ4v) is 2.76. The van der Waals surface area contributed by atoms with E-state index >= 15 is 0 Å². The highest BCUT2D eigenvalue weighted by atomic mass is 15.1. The number of rotatable bonds is 3. The number of fused-ring (bicyclic) bond motifs is 1. The van der Waals surface area contributed by atoms with Crippen LogP contribution in [0.5, 0.6) is 0 Å². The lowest BCUT2D eigenvalue weighted by molar-refractivity contribution is 0.508. The summed E-state index contributed by atoms with van der Waals surface area (Å²) in [5.41, 5.74) is 9.42. The van der Waals surface area contributed by atoms with Crippen LogP contribution in [0.1, 0.15) is 24.4 Å². The zero-order valence-corrected chi connectivity index (χ0v) is 10.6. The second-order valence-electron chi connectivity index (χ2n) is 4.84. The molecule has 1 aliphatic heterocycles. The molecule has 94 valence electrons. The van der Waals surface area contributed by atoms with Crippen LogP contribution in [0.3, 0.4) is 0 Å². The molecule has 3 nitrogen and oxygen atoms in total. The number of aromatic nitrogens is 2. The van der Waals surface area contributed by atoms with Gasteiger partial charge in [0.1, 0.15) is 5.82 Å². The van der Waals surface area contributed by atoms with Gasteiger partial charge in [0.25, 0.3) is 0 Å². The smallest absolute Gasteiger partial charge is 0.109 e. The molecule has 1 aromatic heterocycles. The second-order valence-corrected chi connectivity index (χ2v) is 4.84. The van der Waals surface area contributed by atoms with Crippen molar-refractivity contribution in [3.05, 3.63) is 41.9 Å². The first-order valence-electron chi connectivity index (χ1n) is 6.74. The van der Waals surface area contributed by atoms with Crippen LogP contribution in [0.25, 0.3) is 11.3 Å². The molecule has 2 heterocycles. The normalized spacial score (nSPS) is 14.5. The van der Waals surface area contributed by atoms with E-state index in [0.29, 0.717) is 6.54 Å². The van der Waals surface area contributed by atoms with Crippen molar-refractivity contribution < 1.29 is 0 Å². The van der Waals surface area contributed by atoms with Crippen LogP contribution in [-0.2, 0) is 19.4 Å². The predicted octanol–water partition coefficient (Wildman–Crippen LogP) is 2.39. The van der Waals surface area contributed by atoms with Crippen LogP contribution in [-0.4, -0.2) is 16.1 Å². The fourth-order valence-electron chi connectivity index (χ4n) is 2.76. The minimum atomic E-state index is 0.685. The quantitative estimate of drug-likeness (QED) is 0.896. The summed E-state index contributed by atoms with van der Waals surface area (Å²) < 4.78 is 2.39. The summed E-state index contributed by atoms with van der Waals surface area (Å²) in [5.74, 6) is 1.24. The minimum absolute atomic E-state index is 0.685. The Morgan fingerprint density at radius 1 is 1.17 bits per heavy atom. The van der Waals surface area contributed by atoms with Gasteiger partial charge in [-0.1, -0.05) is 30.3 Å². The standard InChI is InChI=1S/C15H19N3/c16-10-9-13-15(12-6-2-1-3-7-12)17-14-8-4-5-11-18(13)14/h1-3,6-7H,4-5,8-11,16H2. The molecule has 2 N–H and O–H groups in total. The van der Waals surface area contributed by atoms with E-state index in [1.807, 2.05) is 6.07 Å². The number of nitrogens with two attached hydrogens (primary N) is 1. The Labute approximate surface area is 108 Å². The molecule has 3 heteroatoms. The molecular weight excluding hydrogens is 222 g/mol. The van der Waals surface area contributed by atoms with E-state index in [4.69, 9.17) is 10.7 Å². The SMILES string of the molecule is NCCc1c(-c2ccccc2)nc2n1CCCC2. The first-order valence-corrected chi connectivity index (χ1v) is 6.74. The Morgan fingerprint density at radius 2 is 2.00 bits per heavy atom. The highest BCUT2D eigenvalue weighted by Gasteiger charge is 2.19.